The smallest absolute Gasteiger partial charge is 0.193 e. The topological polar surface area (TPSA) is 43.7 Å². The Morgan fingerprint density at radius 2 is 2.10 bits per heavy atom. The van der Waals surface area contributed by atoms with Crippen LogP contribution in [0.4, 0.5) is 0 Å². The molecule has 49 valence electrons. The molecule has 3 heteroatoms. The van der Waals surface area contributed by atoms with Crippen LogP contribution < -0.4 is 0 Å². The van der Waals surface area contributed by atoms with E-state index in [0.29, 0.717) is 4.90 Å². The zero-order chi connectivity index (χ0) is 7.40. The van der Waals surface area contributed by atoms with Crippen molar-refractivity contribution in [3.8, 4) is 11.2 Å². The van der Waals surface area contributed by atoms with Gasteiger partial charge in [0.2, 0.25) is 0 Å². The van der Waals surface area contributed by atoms with Crippen molar-refractivity contribution in [2.45, 2.75) is 4.90 Å². The van der Waals surface area contributed by atoms with Crippen molar-refractivity contribution in [3.63, 3.8) is 0 Å². The molecule has 2 nitrogen and oxygen atoms in total. The molecular formula is C7H4NOS. The quantitative estimate of drug-likeness (QED) is 0.455. The van der Waals surface area contributed by atoms with Crippen LogP contribution in [0.5, 0.6) is 5.75 Å². The number of hydrogen-bond acceptors (Lipinski definition) is 2. The number of benzene rings is 1. The molecule has 1 rings (SSSR count). The lowest BCUT2D eigenvalue weighted by Crippen LogP contribution is -1.67. The van der Waals surface area contributed by atoms with Crippen LogP contribution >= 0.6 is 11.8 Å². The number of thiocyanates is 1. The fourth-order valence-electron chi connectivity index (χ4n) is 0.584. The highest BCUT2D eigenvalue weighted by atomic mass is 32.2. The van der Waals surface area contributed by atoms with E-state index >= 15 is 0 Å². The second-order valence-corrected chi connectivity index (χ2v) is 2.47. The summed E-state index contributed by atoms with van der Waals surface area (Å²) < 4.78 is 0. The third-order valence-electron chi connectivity index (χ3n) is 1.00. The summed E-state index contributed by atoms with van der Waals surface area (Å²) in [6.07, 6.45) is 0. The minimum atomic E-state index is -0.0888. The molecule has 0 N–H and O–H groups in total. The zero-order valence-corrected chi connectivity index (χ0v) is 5.89. The van der Waals surface area contributed by atoms with Crippen LogP contribution in [0.25, 0.3) is 0 Å². The fourth-order valence-corrected chi connectivity index (χ4v) is 0.997. The Hall–Kier alpha value is -1.14. The van der Waals surface area contributed by atoms with E-state index in [4.69, 9.17) is 5.26 Å². The number of thioether (sulfide) groups is 1. The van der Waals surface area contributed by atoms with E-state index in [2.05, 4.69) is 0 Å². The maximum atomic E-state index is 10.8. The summed E-state index contributed by atoms with van der Waals surface area (Å²) in [5.41, 5.74) is 0. The first-order valence-electron chi connectivity index (χ1n) is 2.66. The molecule has 0 saturated carbocycles. The lowest BCUT2D eigenvalue weighted by atomic mass is 10.3. The summed E-state index contributed by atoms with van der Waals surface area (Å²) in [7, 11) is 0. The van der Waals surface area contributed by atoms with Crippen LogP contribution in [0.2, 0.25) is 0 Å². The van der Waals surface area contributed by atoms with Gasteiger partial charge in [0.1, 0.15) is 5.40 Å². The van der Waals surface area contributed by atoms with Gasteiger partial charge in [0.15, 0.2) is 5.75 Å². The van der Waals surface area contributed by atoms with Gasteiger partial charge in [0.25, 0.3) is 0 Å². The summed E-state index contributed by atoms with van der Waals surface area (Å²) in [4.78, 5) is 0.491. The molecule has 0 fully saturated rings. The van der Waals surface area contributed by atoms with Crippen molar-refractivity contribution in [1.29, 1.82) is 5.26 Å². The number of nitrogens with zero attached hydrogens (tertiary/aromatic N) is 1. The van der Waals surface area contributed by atoms with Gasteiger partial charge in [-0.2, -0.15) is 5.26 Å². The molecule has 0 heterocycles. The molecule has 0 amide bonds. The summed E-state index contributed by atoms with van der Waals surface area (Å²) in [5.74, 6) is -0.0888. The Morgan fingerprint density at radius 1 is 1.40 bits per heavy atom. The van der Waals surface area contributed by atoms with E-state index in [1.807, 2.05) is 5.40 Å². The van der Waals surface area contributed by atoms with E-state index < -0.39 is 0 Å². The van der Waals surface area contributed by atoms with E-state index in [1.165, 1.54) is 6.07 Å². The second-order valence-electron chi connectivity index (χ2n) is 1.64. The summed E-state index contributed by atoms with van der Waals surface area (Å²) in [6, 6.07) is 6.47. The molecule has 1 radical (unpaired) electrons. The van der Waals surface area contributed by atoms with Crippen molar-refractivity contribution < 1.29 is 5.11 Å². The van der Waals surface area contributed by atoms with Crippen molar-refractivity contribution in [3.05, 3.63) is 24.3 Å². The highest BCUT2D eigenvalue weighted by Gasteiger charge is 1.99. The van der Waals surface area contributed by atoms with E-state index in [0.717, 1.165) is 11.8 Å². The van der Waals surface area contributed by atoms with Crippen LogP contribution in [0, 0.1) is 10.7 Å². The Bertz CT molecular complexity index is 267. The van der Waals surface area contributed by atoms with Gasteiger partial charge in [0, 0.05) is 0 Å². The maximum Gasteiger partial charge on any atom is 0.193 e. The molecule has 0 aliphatic heterocycles. The van der Waals surface area contributed by atoms with Crippen LogP contribution in [0.1, 0.15) is 0 Å². The first-order chi connectivity index (χ1) is 4.84. The molecular weight excluding hydrogens is 146 g/mol. The Kier molecular flexibility index (Phi) is 2.19. The van der Waals surface area contributed by atoms with Gasteiger partial charge in [-0.15, -0.1) is 0 Å². The second kappa shape index (κ2) is 3.14. The predicted molar refractivity (Wildman–Crippen MR) is 38.0 cm³/mol. The van der Waals surface area contributed by atoms with Crippen molar-refractivity contribution >= 4 is 11.8 Å². The first kappa shape index (κ1) is 6.97. The average Bonchev–Trinajstić information content (AvgIpc) is 1.94. The zero-order valence-electron chi connectivity index (χ0n) is 5.07. The molecule has 0 spiro atoms. The van der Waals surface area contributed by atoms with E-state index in [1.54, 1.807) is 18.2 Å². The van der Waals surface area contributed by atoms with Gasteiger partial charge in [-0.05, 0) is 23.9 Å². The first-order valence-corrected chi connectivity index (χ1v) is 3.48. The molecule has 0 unspecified atom stereocenters. The Balaban J connectivity index is 2.94. The lowest BCUT2D eigenvalue weighted by Gasteiger charge is -1.91. The van der Waals surface area contributed by atoms with Crippen molar-refractivity contribution in [1.82, 2.24) is 0 Å². The molecule has 10 heavy (non-hydrogen) atoms. The number of hydrogen-bond donors (Lipinski definition) is 0. The molecule has 0 bridgehead atoms. The van der Waals surface area contributed by atoms with Crippen LogP contribution in [0.3, 0.4) is 0 Å². The van der Waals surface area contributed by atoms with Gasteiger partial charge in [0.05, 0.1) is 4.90 Å². The third kappa shape index (κ3) is 1.42. The predicted octanol–water partition coefficient (Wildman–Crippen LogP) is 2.40. The average molecular weight is 150 g/mol. The highest BCUT2D eigenvalue weighted by molar-refractivity contribution is 8.03. The maximum absolute atomic E-state index is 10.8. The summed E-state index contributed by atoms with van der Waals surface area (Å²) >= 11 is 0.895. The van der Waals surface area contributed by atoms with Crippen LogP contribution in [-0.4, -0.2) is 0 Å². The number of nitriles is 1. The molecule has 1 aromatic rings. The van der Waals surface area contributed by atoms with Gasteiger partial charge >= 0.3 is 0 Å². The van der Waals surface area contributed by atoms with Gasteiger partial charge < -0.3 is 0 Å². The number of rotatable bonds is 1. The minimum Gasteiger partial charge on any atom is -0.289 e. The normalized spacial score (nSPS) is 8.70. The highest BCUT2D eigenvalue weighted by Crippen LogP contribution is 2.26. The van der Waals surface area contributed by atoms with E-state index in [9.17, 15) is 5.11 Å². The van der Waals surface area contributed by atoms with Crippen molar-refractivity contribution in [2.75, 3.05) is 0 Å². The molecule has 0 aliphatic rings. The molecule has 0 aromatic heterocycles. The van der Waals surface area contributed by atoms with Crippen LogP contribution in [0.15, 0.2) is 29.2 Å². The SMILES string of the molecule is N#CSc1ccccc1[O]. The van der Waals surface area contributed by atoms with Gasteiger partial charge in [-0.25, -0.2) is 0 Å². The monoisotopic (exact) mass is 150 g/mol. The molecule has 0 saturated heterocycles. The summed E-state index contributed by atoms with van der Waals surface area (Å²) in [6.45, 7) is 0. The lowest BCUT2D eigenvalue weighted by molar-refractivity contribution is 0.344. The number of para-hydroxylation sites is 1. The molecule has 1 aromatic carbocycles. The largest absolute Gasteiger partial charge is 0.289 e. The van der Waals surface area contributed by atoms with Gasteiger partial charge in [-0.1, -0.05) is 12.1 Å². The summed E-state index contributed by atoms with van der Waals surface area (Å²) in [5, 5.41) is 20.9. The molecule has 0 atom stereocenters. The Morgan fingerprint density at radius 3 is 2.70 bits per heavy atom. The minimum absolute atomic E-state index is 0.0888. The van der Waals surface area contributed by atoms with Crippen LogP contribution in [-0.2, 0) is 5.11 Å². The standard InChI is InChI=1S/C7H4NOS/c8-5-10-7-4-2-1-3-6(7)9/h1-4H. The van der Waals surface area contributed by atoms with E-state index in [-0.39, 0.29) is 5.75 Å². The third-order valence-corrected chi connectivity index (χ3v) is 1.65. The van der Waals surface area contributed by atoms with Crippen molar-refractivity contribution in [2.24, 2.45) is 0 Å². The molecule has 0 aliphatic carbocycles. The van der Waals surface area contributed by atoms with Gasteiger partial charge in [-0.3, -0.25) is 5.11 Å². The Labute approximate surface area is 63.1 Å². The fraction of sp³-hybridized carbons (Fsp3) is 0.